The van der Waals surface area contributed by atoms with Crippen LogP contribution in [0.5, 0.6) is 0 Å². The molecule has 11 heteroatoms. The highest BCUT2D eigenvalue weighted by molar-refractivity contribution is 5.90. The van der Waals surface area contributed by atoms with E-state index in [0.717, 1.165) is 5.56 Å². The van der Waals surface area contributed by atoms with Crippen molar-refractivity contribution < 1.29 is 33.4 Å². The van der Waals surface area contributed by atoms with Gasteiger partial charge in [0.2, 0.25) is 17.7 Å². The lowest BCUT2D eigenvalue weighted by Crippen LogP contribution is -2.35. The van der Waals surface area contributed by atoms with Gasteiger partial charge in [-0.25, -0.2) is 0 Å². The van der Waals surface area contributed by atoms with Crippen molar-refractivity contribution in [3.63, 3.8) is 0 Å². The Labute approximate surface area is 218 Å². The lowest BCUT2D eigenvalue weighted by atomic mass is 9.94. The fourth-order valence-corrected chi connectivity index (χ4v) is 3.92. The molecular weight excluding hydrogens is 480 g/mol. The zero-order valence-electron chi connectivity index (χ0n) is 22.3. The fourth-order valence-electron chi connectivity index (χ4n) is 3.92. The lowest BCUT2D eigenvalue weighted by molar-refractivity contribution is -0.156. The van der Waals surface area contributed by atoms with Crippen molar-refractivity contribution in [3.05, 3.63) is 30.1 Å². The van der Waals surface area contributed by atoms with Crippen LogP contribution in [-0.2, 0) is 33.4 Å². The Hall–Kier alpha value is -3.05. The predicted molar refractivity (Wildman–Crippen MR) is 135 cm³/mol. The summed E-state index contributed by atoms with van der Waals surface area (Å²) in [5.74, 6) is -1.20. The van der Waals surface area contributed by atoms with Crippen molar-refractivity contribution in [1.82, 2.24) is 20.5 Å². The van der Waals surface area contributed by atoms with Gasteiger partial charge in [-0.15, -0.1) is 0 Å². The Morgan fingerprint density at radius 1 is 1.05 bits per heavy atom. The molecule has 0 bridgehead atoms. The summed E-state index contributed by atoms with van der Waals surface area (Å²) in [7, 11) is 1.70. The van der Waals surface area contributed by atoms with E-state index in [4.69, 9.17) is 14.2 Å². The highest BCUT2D eigenvalue weighted by atomic mass is 16.6. The standard InChI is InChI=1S/C26H40N4O7/c1-26(2,3)37-23(33)9-13-35-15-16-36-14-12-28-21(31)8-6-11-29-25(34)20-17-22(32)30(4)24(20)19-7-5-10-27-18-19/h5,7,10,18,20,24H,6,8-9,11-17H2,1-4H3,(H,28,31)(H,29,34)/t20-,24+/m0/s1. The molecule has 1 aliphatic heterocycles. The van der Waals surface area contributed by atoms with Crippen molar-refractivity contribution in [2.24, 2.45) is 5.92 Å². The van der Waals surface area contributed by atoms with Gasteiger partial charge in [0.15, 0.2) is 0 Å². The molecule has 1 aliphatic rings. The topological polar surface area (TPSA) is 136 Å². The minimum absolute atomic E-state index is 0.0806. The summed E-state index contributed by atoms with van der Waals surface area (Å²) in [5.41, 5.74) is 0.321. The summed E-state index contributed by atoms with van der Waals surface area (Å²) in [5, 5.41) is 5.62. The van der Waals surface area contributed by atoms with Crippen LogP contribution < -0.4 is 10.6 Å². The number of ether oxygens (including phenoxy) is 3. The molecule has 0 unspecified atom stereocenters. The molecule has 1 fully saturated rings. The average Bonchev–Trinajstić information content (AvgIpc) is 3.14. The SMILES string of the molecule is CN1C(=O)C[C@H](C(=O)NCCCC(=O)NCCOCCOCCC(=O)OC(C)(C)C)[C@H]1c1cccnc1. The molecule has 0 aromatic carbocycles. The van der Waals surface area contributed by atoms with E-state index < -0.39 is 11.5 Å². The number of carbonyl (C=O) groups is 4. The van der Waals surface area contributed by atoms with Crippen LogP contribution in [0.2, 0.25) is 0 Å². The number of pyridine rings is 1. The van der Waals surface area contributed by atoms with Crippen LogP contribution in [0.3, 0.4) is 0 Å². The third-order valence-corrected chi connectivity index (χ3v) is 5.64. The first-order chi connectivity index (χ1) is 17.6. The number of hydrogen-bond acceptors (Lipinski definition) is 8. The number of nitrogens with one attached hydrogen (secondary N) is 2. The summed E-state index contributed by atoms with van der Waals surface area (Å²) < 4.78 is 15.9. The van der Waals surface area contributed by atoms with Crippen molar-refractivity contribution in [3.8, 4) is 0 Å². The van der Waals surface area contributed by atoms with Crippen LogP contribution in [0.1, 0.15) is 58.1 Å². The van der Waals surface area contributed by atoms with Crippen molar-refractivity contribution in [2.75, 3.05) is 46.6 Å². The number of carbonyl (C=O) groups excluding carboxylic acids is 4. The molecule has 1 aromatic rings. The van der Waals surface area contributed by atoms with E-state index in [1.807, 2.05) is 26.8 Å². The molecule has 2 rings (SSSR count). The fraction of sp³-hybridized carbons (Fsp3) is 0.654. The molecule has 0 spiro atoms. The third kappa shape index (κ3) is 11.3. The maximum Gasteiger partial charge on any atom is 0.308 e. The highest BCUT2D eigenvalue weighted by Crippen LogP contribution is 2.36. The number of aromatic nitrogens is 1. The van der Waals surface area contributed by atoms with E-state index >= 15 is 0 Å². The molecule has 2 N–H and O–H groups in total. The Balaban J connectivity index is 1.51. The molecule has 2 atom stereocenters. The number of hydrogen-bond donors (Lipinski definition) is 2. The van der Waals surface area contributed by atoms with E-state index in [-0.39, 0.29) is 55.6 Å². The predicted octanol–water partition coefficient (Wildman–Crippen LogP) is 1.38. The van der Waals surface area contributed by atoms with E-state index in [1.54, 1.807) is 30.4 Å². The Morgan fingerprint density at radius 3 is 2.46 bits per heavy atom. The van der Waals surface area contributed by atoms with Gasteiger partial charge in [0.25, 0.3) is 0 Å². The molecule has 206 valence electrons. The lowest BCUT2D eigenvalue weighted by Gasteiger charge is -2.24. The normalized spacial score (nSPS) is 17.5. The number of amides is 3. The molecule has 0 aliphatic carbocycles. The summed E-state index contributed by atoms with van der Waals surface area (Å²) in [4.78, 5) is 54.2. The molecule has 2 heterocycles. The monoisotopic (exact) mass is 520 g/mol. The van der Waals surface area contributed by atoms with Gasteiger partial charge in [0.05, 0.1) is 44.8 Å². The molecule has 1 aromatic heterocycles. The number of rotatable bonds is 15. The quantitative estimate of drug-likeness (QED) is 0.262. The second kappa shape index (κ2) is 15.3. The summed E-state index contributed by atoms with van der Waals surface area (Å²) in [6, 6.07) is 3.30. The van der Waals surface area contributed by atoms with E-state index in [0.29, 0.717) is 39.3 Å². The van der Waals surface area contributed by atoms with Crippen LogP contribution in [0.4, 0.5) is 0 Å². The maximum atomic E-state index is 12.7. The van der Waals surface area contributed by atoms with Gasteiger partial charge in [-0.05, 0) is 38.8 Å². The van der Waals surface area contributed by atoms with Crippen LogP contribution in [0, 0.1) is 5.92 Å². The Kier molecular flexibility index (Phi) is 12.4. The van der Waals surface area contributed by atoms with Crippen molar-refractivity contribution in [1.29, 1.82) is 0 Å². The molecular formula is C26H40N4O7. The number of likely N-dealkylation sites (tertiary alicyclic amines) is 1. The minimum Gasteiger partial charge on any atom is -0.460 e. The van der Waals surface area contributed by atoms with Gasteiger partial charge in [-0.1, -0.05) is 6.07 Å². The Bertz CT molecular complexity index is 889. The average molecular weight is 521 g/mol. The zero-order chi connectivity index (χ0) is 27.3. The molecule has 37 heavy (non-hydrogen) atoms. The van der Waals surface area contributed by atoms with Gasteiger partial charge >= 0.3 is 5.97 Å². The van der Waals surface area contributed by atoms with E-state index in [9.17, 15) is 19.2 Å². The van der Waals surface area contributed by atoms with Gasteiger partial charge in [-0.2, -0.15) is 0 Å². The first-order valence-corrected chi connectivity index (χ1v) is 12.7. The summed E-state index contributed by atoms with van der Waals surface area (Å²) in [6.45, 7) is 7.47. The minimum atomic E-state index is -0.503. The smallest absolute Gasteiger partial charge is 0.308 e. The number of nitrogens with zero attached hydrogens (tertiary/aromatic N) is 2. The zero-order valence-corrected chi connectivity index (χ0v) is 22.3. The van der Waals surface area contributed by atoms with Gasteiger partial charge in [0.1, 0.15) is 5.60 Å². The Morgan fingerprint density at radius 2 is 1.78 bits per heavy atom. The summed E-state index contributed by atoms with van der Waals surface area (Å²) >= 11 is 0. The van der Waals surface area contributed by atoms with Gasteiger partial charge in [-0.3, -0.25) is 24.2 Å². The first-order valence-electron chi connectivity index (χ1n) is 12.7. The van der Waals surface area contributed by atoms with Crippen LogP contribution in [0.15, 0.2) is 24.5 Å². The van der Waals surface area contributed by atoms with Crippen LogP contribution >= 0.6 is 0 Å². The van der Waals surface area contributed by atoms with E-state index in [1.165, 1.54) is 0 Å². The van der Waals surface area contributed by atoms with Crippen molar-refractivity contribution in [2.45, 2.75) is 58.1 Å². The van der Waals surface area contributed by atoms with Crippen LogP contribution in [0.25, 0.3) is 0 Å². The molecule has 3 amide bonds. The molecule has 0 saturated carbocycles. The summed E-state index contributed by atoms with van der Waals surface area (Å²) in [6.07, 6.45) is 4.42. The third-order valence-electron chi connectivity index (χ3n) is 5.64. The van der Waals surface area contributed by atoms with Crippen LogP contribution in [-0.4, -0.2) is 85.7 Å². The molecule has 0 radical (unpaired) electrons. The molecule has 11 nitrogen and oxygen atoms in total. The maximum absolute atomic E-state index is 12.7. The second-order valence-electron chi connectivity index (χ2n) is 9.85. The highest BCUT2D eigenvalue weighted by Gasteiger charge is 2.42. The van der Waals surface area contributed by atoms with Gasteiger partial charge < -0.3 is 29.7 Å². The largest absolute Gasteiger partial charge is 0.460 e. The second-order valence-corrected chi connectivity index (χ2v) is 9.85. The van der Waals surface area contributed by atoms with E-state index in [2.05, 4.69) is 15.6 Å². The van der Waals surface area contributed by atoms with Crippen molar-refractivity contribution >= 4 is 23.7 Å². The number of esters is 1. The van der Waals surface area contributed by atoms with Gasteiger partial charge in [0, 0.05) is 45.4 Å². The first kappa shape index (κ1) is 30.2. The molecule has 1 saturated heterocycles.